The van der Waals surface area contributed by atoms with Crippen molar-refractivity contribution in [2.45, 2.75) is 19.9 Å². The van der Waals surface area contributed by atoms with Crippen molar-refractivity contribution in [3.05, 3.63) is 48.0 Å². The van der Waals surface area contributed by atoms with Crippen LogP contribution < -0.4 is 5.32 Å². The smallest absolute Gasteiger partial charge is 0.330 e. The largest absolute Gasteiger partial charge is 0.478 e. The Hall–Kier alpha value is -1.61. The molecule has 0 heterocycles. The van der Waals surface area contributed by atoms with Gasteiger partial charge < -0.3 is 10.4 Å². The summed E-state index contributed by atoms with van der Waals surface area (Å²) in [6, 6.07) is 10.3. The molecule has 0 aliphatic rings. The molecule has 0 aromatic heterocycles. The minimum absolute atomic E-state index is 0.264. The van der Waals surface area contributed by atoms with Crippen LogP contribution in [0.1, 0.15) is 18.9 Å². The Morgan fingerprint density at radius 2 is 1.94 bits per heavy atom. The fraction of sp³-hybridized carbons (Fsp3) is 0.308. The van der Waals surface area contributed by atoms with Crippen molar-refractivity contribution in [1.82, 2.24) is 5.32 Å². The van der Waals surface area contributed by atoms with Crippen LogP contribution in [0.25, 0.3) is 0 Å². The van der Waals surface area contributed by atoms with E-state index in [0.717, 1.165) is 6.54 Å². The maximum absolute atomic E-state index is 9.83. The van der Waals surface area contributed by atoms with Gasteiger partial charge in [0.25, 0.3) is 0 Å². The summed E-state index contributed by atoms with van der Waals surface area (Å²) in [7, 11) is 1.95. The Morgan fingerprint density at radius 1 is 1.38 bits per heavy atom. The van der Waals surface area contributed by atoms with E-state index in [4.69, 9.17) is 5.11 Å². The van der Waals surface area contributed by atoms with Crippen LogP contribution in [0.2, 0.25) is 0 Å². The summed E-state index contributed by atoms with van der Waals surface area (Å²) in [6.07, 6.45) is 0.523. The van der Waals surface area contributed by atoms with Gasteiger partial charge in [-0.15, -0.1) is 0 Å². The first kappa shape index (κ1) is 14.4. The molecule has 0 aliphatic carbocycles. The lowest BCUT2D eigenvalue weighted by Crippen LogP contribution is -2.04. The number of hydrogen-bond acceptors (Lipinski definition) is 2. The molecule has 0 spiro atoms. The Balaban J connectivity index is 0.000000293. The summed E-state index contributed by atoms with van der Waals surface area (Å²) >= 11 is 0. The zero-order valence-electron chi connectivity index (χ0n) is 9.86. The van der Waals surface area contributed by atoms with Crippen molar-refractivity contribution < 1.29 is 9.90 Å². The van der Waals surface area contributed by atoms with E-state index in [1.54, 1.807) is 6.92 Å². The van der Waals surface area contributed by atoms with E-state index < -0.39 is 5.97 Å². The monoisotopic (exact) mass is 221 g/mol. The summed E-state index contributed by atoms with van der Waals surface area (Å²) in [5.41, 5.74) is 1.60. The minimum atomic E-state index is -0.900. The van der Waals surface area contributed by atoms with E-state index in [2.05, 4.69) is 24.0 Å². The molecule has 0 radical (unpaired) electrons. The number of benzene rings is 1. The number of carboxylic acid groups (broad SMARTS) is 1. The topological polar surface area (TPSA) is 49.3 Å². The average Bonchev–Trinajstić information content (AvgIpc) is 2.30. The van der Waals surface area contributed by atoms with Gasteiger partial charge in [0.1, 0.15) is 0 Å². The first-order chi connectivity index (χ1) is 7.61. The fourth-order valence-corrected chi connectivity index (χ4v) is 0.951. The van der Waals surface area contributed by atoms with Gasteiger partial charge in [-0.3, -0.25) is 0 Å². The van der Waals surface area contributed by atoms with Gasteiger partial charge in [-0.2, -0.15) is 0 Å². The summed E-state index contributed by atoms with van der Waals surface area (Å²) in [6.45, 7) is 5.99. The predicted octanol–water partition coefficient (Wildman–Crippen LogP) is 2.44. The maximum Gasteiger partial charge on any atom is 0.330 e. The summed E-state index contributed by atoms with van der Waals surface area (Å²) in [4.78, 5) is 9.83. The highest BCUT2D eigenvalue weighted by atomic mass is 16.4. The van der Waals surface area contributed by atoms with Crippen molar-refractivity contribution in [2.24, 2.45) is 0 Å². The zero-order valence-corrected chi connectivity index (χ0v) is 9.86. The standard InChI is InChI=1S/C8H11N.C5H8O2/c1-9-7-8-5-3-2-4-6-8;1-3-4(2)5(6)7/h2-6,9H,7H2,1H3;2-3H2,1H3,(H,6,7). The molecule has 16 heavy (non-hydrogen) atoms. The molecule has 0 fully saturated rings. The Bertz CT molecular complexity index is 320. The second-order valence-electron chi connectivity index (χ2n) is 3.28. The van der Waals surface area contributed by atoms with Gasteiger partial charge >= 0.3 is 5.97 Å². The van der Waals surface area contributed by atoms with Crippen LogP contribution >= 0.6 is 0 Å². The molecule has 0 aliphatic heterocycles. The normalized spacial score (nSPS) is 8.88. The van der Waals surface area contributed by atoms with E-state index >= 15 is 0 Å². The van der Waals surface area contributed by atoms with E-state index in [1.165, 1.54) is 5.56 Å². The highest BCUT2D eigenvalue weighted by molar-refractivity contribution is 5.85. The predicted molar refractivity (Wildman–Crippen MR) is 66.3 cm³/mol. The van der Waals surface area contributed by atoms with E-state index in [0.29, 0.717) is 6.42 Å². The second kappa shape index (κ2) is 8.68. The van der Waals surface area contributed by atoms with Crippen LogP contribution in [0.15, 0.2) is 42.5 Å². The van der Waals surface area contributed by atoms with Crippen LogP contribution in [0.4, 0.5) is 0 Å². The molecule has 0 atom stereocenters. The lowest BCUT2D eigenvalue weighted by molar-refractivity contribution is -0.132. The van der Waals surface area contributed by atoms with E-state index in [1.807, 2.05) is 25.2 Å². The Morgan fingerprint density at radius 3 is 2.25 bits per heavy atom. The zero-order chi connectivity index (χ0) is 12.4. The van der Waals surface area contributed by atoms with Crippen LogP contribution in [-0.2, 0) is 11.3 Å². The first-order valence-electron chi connectivity index (χ1n) is 5.21. The van der Waals surface area contributed by atoms with Crippen molar-refractivity contribution in [1.29, 1.82) is 0 Å². The van der Waals surface area contributed by atoms with Gasteiger partial charge in [0, 0.05) is 12.1 Å². The number of carboxylic acids is 1. The van der Waals surface area contributed by atoms with Gasteiger partial charge in [0.05, 0.1) is 0 Å². The molecule has 0 bridgehead atoms. The third-order valence-corrected chi connectivity index (χ3v) is 1.95. The fourth-order valence-electron chi connectivity index (χ4n) is 0.951. The molecule has 1 aromatic rings. The van der Waals surface area contributed by atoms with Crippen LogP contribution in [0.5, 0.6) is 0 Å². The molecule has 3 heteroatoms. The number of rotatable bonds is 4. The summed E-state index contributed by atoms with van der Waals surface area (Å²) in [5, 5.41) is 11.2. The van der Waals surface area contributed by atoms with E-state index in [-0.39, 0.29) is 5.57 Å². The molecular formula is C13H19NO2. The molecular weight excluding hydrogens is 202 g/mol. The van der Waals surface area contributed by atoms with E-state index in [9.17, 15) is 4.79 Å². The molecule has 0 amide bonds. The highest BCUT2D eigenvalue weighted by Gasteiger charge is 1.96. The lowest BCUT2D eigenvalue weighted by atomic mass is 10.2. The average molecular weight is 221 g/mol. The third-order valence-electron chi connectivity index (χ3n) is 1.95. The van der Waals surface area contributed by atoms with Crippen LogP contribution in [0.3, 0.4) is 0 Å². The van der Waals surface area contributed by atoms with Crippen molar-refractivity contribution in [3.8, 4) is 0 Å². The van der Waals surface area contributed by atoms with Gasteiger partial charge in [-0.1, -0.05) is 43.8 Å². The number of aliphatic carboxylic acids is 1. The van der Waals surface area contributed by atoms with Crippen molar-refractivity contribution in [3.63, 3.8) is 0 Å². The molecule has 2 N–H and O–H groups in total. The summed E-state index contributed by atoms with van der Waals surface area (Å²) < 4.78 is 0. The number of carbonyl (C=O) groups is 1. The number of hydrogen-bond donors (Lipinski definition) is 2. The van der Waals surface area contributed by atoms with Crippen molar-refractivity contribution >= 4 is 5.97 Å². The lowest BCUT2D eigenvalue weighted by Gasteiger charge is -1.95. The Labute approximate surface area is 96.8 Å². The first-order valence-corrected chi connectivity index (χ1v) is 5.21. The van der Waals surface area contributed by atoms with Gasteiger partial charge in [-0.05, 0) is 19.0 Å². The molecule has 1 rings (SSSR count). The summed E-state index contributed by atoms with van der Waals surface area (Å²) in [5.74, 6) is -0.900. The molecule has 0 saturated carbocycles. The molecule has 0 saturated heterocycles. The maximum atomic E-state index is 9.83. The molecule has 0 unspecified atom stereocenters. The minimum Gasteiger partial charge on any atom is -0.478 e. The molecule has 1 aromatic carbocycles. The van der Waals surface area contributed by atoms with Gasteiger partial charge in [0.15, 0.2) is 0 Å². The quantitative estimate of drug-likeness (QED) is 0.768. The van der Waals surface area contributed by atoms with Gasteiger partial charge in [-0.25, -0.2) is 4.79 Å². The Kier molecular flexibility index (Phi) is 7.81. The second-order valence-corrected chi connectivity index (χ2v) is 3.28. The number of nitrogens with one attached hydrogen (secondary N) is 1. The van der Waals surface area contributed by atoms with Crippen LogP contribution in [0, 0.1) is 0 Å². The SMILES string of the molecule is C=C(CC)C(=O)O.CNCc1ccccc1. The van der Waals surface area contributed by atoms with Crippen LogP contribution in [-0.4, -0.2) is 18.1 Å². The molecule has 3 nitrogen and oxygen atoms in total. The van der Waals surface area contributed by atoms with Gasteiger partial charge in [0.2, 0.25) is 0 Å². The molecule has 88 valence electrons. The third kappa shape index (κ3) is 6.79. The van der Waals surface area contributed by atoms with Crippen molar-refractivity contribution in [2.75, 3.05) is 7.05 Å². The highest BCUT2D eigenvalue weighted by Crippen LogP contribution is 1.95.